The van der Waals surface area contributed by atoms with Crippen LogP contribution in [-0.2, 0) is 6.42 Å². The van der Waals surface area contributed by atoms with Crippen molar-refractivity contribution in [3.05, 3.63) is 35.4 Å². The molecule has 1 aliphatic heterocycles. The molecule has 0 atom stereocenters. The molecule has 0 fully saturated rings. The number of ketones is 1. The Hall–Kier alpha value is -2.03. The first-order valence-corrected chi connectivity index (χ1v) is 6.71. The monoisotopic (exact) mass is 252 g/mol. The first-order valence-electron chi connectivity index (χ1n) is 6.71. The van der Waals surface area contributed by atoms with E-state index in [2.05, 4.69) is 42.1 Å². The molecule has 0 spiro atoms. The van der Waals surface area contributed by atoms with Gasteiger partial charge >= 0.3 is 0 Å². The number of nitrogens with zero attached hydrogens (tertiary/aromatic N) is 2. The Bertz CT molecular complexity index is 706. The Balaban J connectivity index is 2.20. The summed E-state index contributed by atoms with van der Waals surface area (Å²) in [5.74, 6) is 0.284. The number of carbonyl (C=O) groups excluding carboxylic acids is 1. The number of aryl methyl sites for hydroxylation is 1. The Morgan fingerprint density at radius 3 is 2.32 bits per heavy atom. The lowest BCUT2D eigenvalue weighted by atomic mass is 9.85. The molecule has 0 saturated heterocycles. The van der Waals surface area contributed by atoms with Gasteiger partial charge in [-0.3, -0.25) is 4.79 Å². The lowest BCUT2D eigenvalue weighted by Gasteiger charge is -2.36. The van der Waals surface area contributed by atoms with Gasteiger partial charge in [0.15, 0.2) is 5.78 Å². The van der Waals surface area contributed by atoms with Crippen molar-refractivity contribution in [3.8, 4) is 0 Å². The van der Waals surface area contributed by atoms with Crippen molar-refractivity contribution in [2.24, 2.45) is 0 Å². The molecule has 0 N–H and O–H groups in total. The molecular formula is C16H16N2O. The molecule has 0 bridgehead atoms. The van der Waals surface area contributed by atoms with Crippen LogP contribution in [0.4, 0.5) is 11.4 Å². The van der Waals surface area contributed by atoms with Crippen LogP contribution in [0.2, 0.25) is 0 Å². The second-order valence-corrected chi connectivity index (χ2v) is 5.59. The zero-order chi connectivity index (χ0) is 13.1. The van der Waals surface area contributed by atoms with E-state index in [-0.39, 0.29) is 5.78 Å². The van der Waals surface area contributed by atoms with Crippen LogP contribution >= 0.6 is 0 Å². The highest BCUT2D eigenvalue weighted by Gasteiger charge is 2.26. The van der Waals surface area contributed by atoms with Gasteiger partial charge in [-0.2, -0.15) is 0 Å². The predicted molar refractivity (Wildman–Crippen MR) is 78.3 cm³/mol. The van der Waals surface area contributed by atoms with Crippen molar-refractivity contribution in [2.75, 3.05) is 30.6 Å². The molecule has 96 valence electrons. The minimum absolute atomic E-state index is 0.284. The summed E-state index contributed by atoms with van der Waals surface area (Å²) >= 11 is 0. The van der Waals surface area contributed by atoms with E-state index < -0.39 is 0 Å². The van der Waals surface area contributed by atoms with Gasteiger partial charge in [0, 0.05) is 42.8 Å². The fourth-order valence-electron chi connectivity index (χ4n) is 3.46. The zero-order valence-corrected chi connectivity index (χ0v) is 11.2. The molecule has 1 heterocycles. The number of carbonyl (C=O) groups is 1. The first-order chi connectivity index (χ1) is 9.16. The third-order valence-electron chi connectivity index (χ3n) is 4.37. The maximum atomic E-state index is 12.1. The summed E-state index contributed by atoms with van der Waals surface area (Å²) in [5, 5.41) is 2.43. The molecule has 0 unspecified atom stereocenters. The Morgan fingerprint density at radius 1 is 0.895 bits per heavy atom. The zero-order valence-electron chi connectivity index (χ0n) is 11.2. The van der Waals surface area contributed by atoms with Gasteiger partial charge in [-0.15, -0.1) is 0 Å². The van der Waals surface area contributed by atoms with Crippen molar-refractivity contribution >= 4 is 27.9 Å². The summed E-state index contributed by atoms with van der Waals surface area (Å²) in [6.45, 7) is 0.884. The highest BCUT2D eigenvalue weighted by Crippen LogP contribution is 2.43. The summed E-state index contributed by atoms with van der Waals surface area (Å²) in [4.78, 5) is 16.6. The van der Waals surface area contributed by atoms with Crippen LogP contribution in [0.5, 0.6) is 0 Å². The van der Waals surface area contributed by atoms with Crippen molar-refractivity contribution in [1.29, 1.82) is 0 Å². The van der Waals surface area contributed by atoms with Crippen molar-refractivity contribution in [3.63, 3.8) is 0 Å². The highest BCUT2D eigenvalue weighted by molar-refractivity contribution is 6.18. The van der Waals surface area contributed by atoms with E-state index in [4.69, 9.17) is 0 Å². The summed E-state index contributed by atoms with van der Waals surface area (Å²) in [6.07, 6.45) is 1.52. The smallest absolute Gasteiger partial charge is 0.163 e. The lowest BCUT2D eigenvalue weighted by Crippen LogP contribution is -2.36. The number of rotatable bonds is 0. The van der Waals surface area contributed by atoms with E-state index in [1.807, 2.05) is 6.07 Å². The lowest BCUT2D eigenvalue weighted by molar-refractivity contribution is 0.0982. The third-order valence-corrected chi connectivity index (χ3v) is 4.37. The fourth-order valence-corrected chi connectivity index (χ4v) is 3.46. The molecule has 1 aliphatic carbocycles. The number of hydrogen-bond donors (Lipinski definition) is 0. The first kappa shape index (κ1) is 10.9. The van der Waals surface area contributed by atoms with Crippen LogP contribution in [0.1, 0.15) is 22.3 Å². The summed E-state index contributed by atoms with van der Waals surface area (Å²) in [5.41, 5.74) is 4.70. The Morgan fingerprint density at radius 2 is 1.58 bits per heavy atom. The Labute approximate surface area is 112 Å². The topological polar surface area (TPSA) is 23.6 Å². The molecule has 3 nitrogen and oxygen atoms in total. The molecule has 3 heteroatoms. The van der Waals surface area contributed by atoms with Gasteiger partial charge in [0.2, 0.25) is 0 Å². The standard InChI is InChI=1S/C16H16N2O/c1-17-9-18(2)13-7-5-11-14(19)8-4-10-3-6-12(17)16(13)15(10)11/h3,5-7H,4,8-9H2,1-2H3. The minimum Gasteiger partial charge on any atom is -0.356 e. The number of hydrogen-bond acceptors (Lipinski definition) is 3. The normalized spacial score (nSPS) is 17.3. The summed E-state index contributed by atoms with van der Waals surface area (Å²) in [6, 6.07) is 8.50. The second-order valence-electron chi connectivity index (χ2n) is 5.59. The molecule has 0 aromatic heterocycles. The van der Waals surface area contributed by atoms with Gasteiger partial charge in [0.05, 0.1) is 6.67 Å². The largest absolute Gasteiger partial charge is 0.356 e. The summed E-state index contributed by atoms with van der Waals surface area (Å²) in [7, 11) is 4.21. The minimum atomic E-state index is 0.284. The predicted octanol–water partition coefficient (Wildman–Crippen LogP) is 2.81. The second kappa shape index (κ2) is 3.50. The van der Waals surface area contributed by atoms with E-state index in [0.717, 1.165) is 18.7 Å². The van der Waals surface area contributed by atoms with Crippen LogP contribution in [0.3, 0.4) is 0 Å². The van der Waals surface area contributed by atoms with Gasteiger partial charge in [-0.25, -0.2) is 0 Å². The average Bonchev–Trinajstić information content (AvgIpc) is 2.41. The van der Waals surface area contributed by atoms with E-state index in [1.54, 1.807) is 0 Å². The van der Waals surface area contributed by atoms with Gasteiger partial charge < -0.3 is 9.80 Å². The van der Waals surface area contributed by atoms with Gasteiger partial charge in [0.1, 0.15) is 0 Å². The third kappa shape index (κ3) is 1.30. The number of Topliss-reactive ketones (excluding diaryl/α,β-unsaturated/α-hetero) is 1. The van der Waals surface area contributed by atoms with Gasteiger partial charge in [-0.1, -0.05) is 6.07 Å². The highest BCUT2D eigenvalue weighted by atomic mass is 16.1. The van der Waals surface area contributed by atoms with E-state index in [1.165, 1.54) is 27.7 Å². The van der Waals surface area contributed by atoms with Gasteiger partial charge in [0.25, 0.3) is 0 Å². The van der Waals surface area contributed by atoms with Gasteiger partial charge in [-0.05, 0) is 35.6 Å². The number of benzene rings is 2. The Kier molecular flexibility index (Phi) is 2.00. The quantitative estimate of drug-likeness (QED) is 0.720. The SMILES string of the molecule is CN1CN(C)c2ccc3c4c(ccc1c24)CCC3=O. The van der Waals surface area contributed by atoms with Crippen molar-refractivity contribution in [2.45, 2.75) is 12.8 Å². The van der Waals surface area contributed by atoms with E-state index in [9.17, 15) is 4.79 Å². The molecule has 19 heavy (non-hydrogen) atoms. The van der Waals surface area contributed by atoms with Crippen molar-refractivity contribution in [1.82, 2.24) is 0 Å². The van der Waals surface area contributed by atoms with Crippen LogP contribution < -0.4 is 9.80 Å². The fraction of sp³-hybridized carbons (Fsp3) is 0.312. The maximum absolute atomic E-state index is 12.1. The molecule has 2 aliphatic rings. The molecule has 0 amide bonds. The molecule has 0 radical (unpaired) electrons. The van der Waals surface area contributed by atoms with E-state index >= 15 is 0 Å². The molecule has 2 aromatic rings. The van der Waals surface area contributed by atoms with E-state index in [0.29, 0.717) is 6.42 Å². The van der Waals surface area contributed by atoms with Crippen LogP contribution in [0, 0.1) is 0 Å². The van der Waals surface area contributed by atoms with Crippen LogP contribution in [0.15, 0.2) is 24.3 Å². The molecule has 2 aromatic carbocycles. The average molecular weight is 252 g/mol. The molecule has 0 saturated carbocycles. The summed E-state index contributed by atoms with van der Waals surface area (Å²) < 4.78 is 0. The maximum Gasteiger partial charge on any atom is 0.163 e. The van der Waals surface area contributed by atoms with Crippen molar-refractivity contribution < 1.29 is 4.79 Å². The molecule has 4 rings (SSSR count). The van der Waals surface area contributed by atoms with Crippen LogP contribution in [-0.4, -0.2) is 26.5 Å². The number of anilines is 2. The molecular weight excluding hydrogens is 236 g/mol. The van der Waals surface area contributed by atoms with Crippen LogP contribution in [0.25, 0.3) is 10.8 Å².